The number of carbonyl (C=O) groups excluding carboxylic acids is 1. The van der Waals surface area contributed by atoms with Crippen LogP contribution in [0.25, 0.3) is 0 Å². The largest absolute Gasteiger partial charge is 0.368 e. The molecule has 1 fully saturated rings. The Hall–Kier alpha value is -1.26. The number of nitrogens with zero attached hydrogens (tertiary/aromatic N) is 1. The van der Waals surface area contributed by atoms with Crippen molar-refractivity contribution in [3.05, 3.63) is 28.8 Å². The number of nitrogens with two attached hydrogens (primary N) is 1. The Morgan fingerprint density at radius 2 is 2.32 bits per heavy atom. The summed E-state index contributed by atoms with van der Waals surface area (Å²) in [7, 11) is 1.90. The molecule has 2 rings (SSSR count). The molecule has 0 aliphatic carbocycles. The molecule has 3 N–H and O–H groups in total. The summed E-state index contributed by atoms with van der Waals surface area (Å²) in [6.07, 6.45) is 2.92. The van der Waals surface area contributed by atoms with Crippen LogP contribution in [0.4, 0.5) is 5.69 Å². The van der Waals surface area contributed by atoms with E-state index in [9.17, 15) is 4.79 Å². The summed E-state index contributed by atoms with van der Waals surface area (Å²) in [5, 5.41) is 3.77. The molecular weight excluding hydrogens is 262 g/mol. The van der Waals surface area contributed by atoms with Crippen molar-refractivity contribution in [2.45, 2.75) is 31.8 Å². The fourth-order valence-electron chi connectivity index (χ4n) is 2.61. The normalized spacial score (nSPS) is 19.5. The van der Waals surface area contributed by atoms with Crippen molar-refractivity contribution in [1.29, 1.82) is 0 Å². The van der Waals surface area contributed by atoms with Crippen LogP contribution in [0.3, 0.4) is 0 Å². The number of hydrogen-bond donors (Lipinski definition) is 2. The number of hydrogen-bond acceptors (Lipinski definition) is 3. The van der Waals surface area contributed by atoms with Crippen molar-refractivity contribution in [2.75, 3.05) is 18.5 Å². The molecule has 104 valence electrons. The Morgan fingerprint density at radius 1 is 1.53 bits per heavy atom. The third-order valence-electron chi connectivity index (χ3n) is 3.53. The molecule has 1 atom stereocenters. The second kappa shape index (κ2) is 6.26. The molecule has 1 amide bonds. The fourth-order valence-corrected chi connectivity index (χ4v) is 2.92. The highest BCUT2D eigenvalue weighted by molar-refractivity contribution is 6.33. The van der Waals surface area contributed by atoms with Crippen LogP contribution in [0, 0.1) is 0 Å². The van der Waals surface area contributed by atoms with Crippen LogP contribution in [0.15, 0.2) is 18.2 Å². The van der Waals surface area contributed by atoms with Crippen molar-refractivity contribution < 1.29 is 4.79 Å². The van der Waals surface area contributed by atoms with E-state index >= 15 is 0 Å². The van der Waals surface area contributed by atoms with Crippen LogP contribution in [0.1, 0.15) is 24.8 Å². The highest BCUT2D eigenvalue weighted by Crippen LogP contribution is 2.31. The van der Waals surface area contributed by atoms with E-state index < -0.39 is 0 Å². The molecule has 1 aromatic carbocycles. The minimum atomic E-state index is -0.268. The average molecular weight is 282 g/mol. The van der Waals surface area contributed by atoms with E-state index in [-0.39, 0.29) is 11.9 Å². The standard InChI is InChI=1S/C14H20ClN3O/c1-17-9-10-5-6-12(11(15)8-10)18-7-3-2-4-13(18)14(16)19/h5-6,8,13,17H,2-4,7,9H2,1H3,(H2,16,19). The zero-order valence-corrected chi connectivity index (χ0v) is 11.9. The predicted octanol–water partition coefficient (Wildman–Crippen LogP) is 1.90. The van der Waals surface area contributed by atoms with E-state index in [1.54, 1.807) is 0 Å². The topological polar surface area (TPSA) is 58.4 Å². The van der Waals surface area contributed by atoms with E-state index in [0.717, 1.165) is 43.6 Å². The highest BCUT2D eigenvalue weighted by Gasteiger charge is 2.28. The molecule has 1 heterocycles. The number of halogens is 1. The first-order valence-electron chi connectivity index (χ1n) is 6.62. The third kappa shape index (κ3) is 3.19. The molecule has 19 heavy (non-hydrogen) atoms. The van der Waals surface area contributed by atoms with Gasteiger partial charge in [0.05, 0.1) is 10.7 Å². The average Bonchev–Trinajstić information content (AvgIpc) is 2.39. The van der Waals surface area contributed by atoms with Crippen molar-refractivity contribution in [2.24, 2.45) is 5.73 Å². The van der Waals surface area contributed by atoms with E-state index in [1.807, 2.05) is 30.1 Å². The van der Waals surface area contributed by atoms with Crippen LogP contribution in [0.2, 0.25) is 5.02 Å². The minimum absolute atomic E-state index is 0.235. The Labute approximate surface area is 118 Å². The van der Waals surface area contributed by atoms with Crippen molar-refractivity contribution in [1.82, 2.24) is 5.32 Å². The van der Waals surface area contributed by atoms with Crippen LogP contribution >= 0.6 is 11.6 Å². The zero-order chi connectivity index (χ0) is 13.8. The molecule has 1 unspecified atom stereocenters. The Balaban J connectivity index is 2.26. The molecule has 1 aromatic rings. The first-order chi connectivity index (χ1) is 9.13. The van der Waals surface area contributed by atoms with Crippen molar-refractivity contribution >= 4 is 23.2 Å². The summed E-state index contributed by atoms with van der Waals surface area (Å²) < 4.78 is 0. The number of benzene rings is 1. The molecule has 1 saturated heterocycles. The predicted molar refractivity (Wildman–Crippen MR) is 78.4 cm³/mol. The van der Waals surface area contributed by atoms with Gasteiger partial charge in [-0.05, 0) is 44.0 Å². The summed E-state index contributed by atoms with van der Waals surface area (Å²) >= 11 is 6.35. The zero-order valence-electron chi connectivity index (χ0n) is 11.2. The molecular formula is C14H20ClN3O. The number of nitrogens with one attached hydrogen (secondary N) is 1. The SMILES string of the molecule is CNCc1ccc(N2CCCCC2C(N)=O)c(Cl)c1. The molecule has 1 aliphatic heterocycles. The number of anilines is 1. The van der Waals surface area contributed by atoms with E-state index in [0.29, 0.717) is 5.02 Å². The molecule has 0 aromatic heterocycles. The molecule has 0 saturated carbocycles. The van der Waals surface area contributed by atoms with Gasteiger partial charge in [0.15, 0.2) is 0 Å². The Kier molecular flexibility index (Phi) is 4.66. The summed E-state index contributed by atoms with van der Waals surface area (Å²) in [5.74, 6) is -0.268. The van der Waals surface area contributed by atoms with Gasteiger partial charge in [0.25, 0.3) is 0 Å². The highest BCUT2D eigenvalue weighted by atomic mass is 35.5. The lowest BCUT2D eigenvalue weighted by atomic mass is 10.0. The van der Waals surface area contributed by atoms with Gasteiger partial charge in [-0.3, -0.25) is 4.79 Å². The molecule has 0 bridgehead atoms. The second-order valence-corrected chi connectivity index (χ2v) is 5.33. The maximum Gasteiger partial charge on any atom is 0.240 e. The summed E-state index contributed by atoms with van der Waals surface area (Å²) in [5.41, 5.74) is 7.52. The maximum absolute atomic E-state index is 11.5. The van der Waals surface area contributed by atoms with Crippen LogP contribution in [0.5, 0.6) is 0 Å². The lowest BCUT2D eigenvalue weighted by molar-refractivity contribution is -0.119. The fraction of sp³-hybridized carbons (Fsp3) is 0.500. The van der Waals surface area contributed by atoms with Gasteiger partial charge in [-0.25, -0.2) is 0 Å². The lowest BCUT2D eigenvalue weighted by Crippen LogP contribution is -2.48. The third-order valence-corrected chi connectivity index (χ3v) is 3.84. The quantitative estimate of drug-likeness (QED) is 0.886. The lowest BCUT2D eigenvalue weighted by Gasteiger charge is -2.36. The number of rotatable bonds is 4. The molecule has 0 spiro atoms. The number of primary amides is 1. The van der Waals surface area contributed by atoms with Gasteiger partial charge in [0, 0.05) is 13.1 Å². The minimum Gasteiger partial charge on any atom is -0.368 e. The van der Waals surface area contributed by atoms with Crippen LogP contribution in [-0.2, 0) is 11.3 Å². The number of amides is 1. The monoisotopic (exact) mass is 281 g/mol. The van der Waals surface area contributed by atoms with Gasteiger partial charge in [-0.1, -0.05) is 17.7 Å². The van der Waals surface area contributed by atoms with Gasteiger partial charge in [-0.15, -0.1) is 0 Å². The number of piperidine rings is 1. The van der Waals surface area contributed by atoms with E-state index in [1.165, 1.54) is 0 Å². The smallest absolute Gasteiger partial charge is 0.240 e. The van der Waals surface area contributed by atoms with Crippen molar-refractivity contribution in [3.8, 4) is 0 Å². The molecule has 0 radical (unpaired) electrons. The van der Waals surface area contributed by atoms with Gasteiger partial charge < -0.3 is 16.0 Å². The number of carbonyl (C=O) groups is 1. The van der Waals surface area contributed by atoms with Crippen LogP contribution in [-0.4, -0.2) is 25.5 Å². The van der Waals surface area contributed by atoms with Gasteiger partial charge in [0.1, 0.15) is 6.04 Å². The molecule has 1 aliphatic rings. The van der Waals surface area contributed by atoms with Crippen LogP contribution < -0.4 is 16.0 Å². The van der Waals surface area contributed by atoms with Gasteiger partial charge >= 0.3 is 0 Å². The van der Waals surface area contributed by atoms with E-state index in [4.69, 9.17) is 17.3 Å². The Morgan fingerprint density at radius 3 is 2.95 bits per heavy atom. The summed E-state index contributed by atoms with van der Waals surface area (Å²) in [6.45, 7) is 1.61. The van der Waals surface area contributed by atoms with Gasteiger partial charge in [-0.2, -0.15) is 0 Å². The first-order valence-corrected chi connectivity index (χ1v) is 7.00. The summed E-state index contributed by atoms with van der Waals surface area (Å²) in [4.78, 5) is 13.6. The van der Waals surface area contributed by atoms with E-state index in [2.05, 4.69) is 5.32 Å². The second-order valence-electron chi connectivity index (χ2n) is 4.92. The molecule has 4 nitrogen and oxygen atoms in total. The molecule has 5 heteroatoms. The Bertz CT molecular complexity index is 464. The maximum atomic E-state index is 11.5. The van der Waals surface area contributed by atoms with Crippen molar-refractivity contribution in [3.63, 3.8) is 0 Å². The van der Waals surface area contributed by atoms with Gasteiger partial charge in [0.2, 0.25) is 5.91 Å². The first kappa shape index (κ1) is 14.2. The summed E-state index contributed by atoms with van der Waals surface area (Å²) in [6, 6.07) is 5.72.